The van der Waals surface area contributed by atoms with Gasteiger partial charge in [-0.05, 0) is 17.8 Å². The standard InChI is InChI=1S/C5H4F3Ge.3C4H10O.Zr/c6-9(7,8)5-3-1-2-4-5;3*1-4(2)3-5;/h1-4H;3*4-5H,3H2,1-2H3;/q-1;;;;. The first-order chi connectivity index (χ1) is 10.9. The molecule has 25 heavy (non-hydrogen) atoms. The number of aliphatic hydroxyl groups is 3. The Kier molecular flexibility index (Phi) is 27.4. The van der Waals surface area contributed by atoms with Crippen LogP contribution in [0.5, 0.6) is 0 Å². The smallest absolute Gasteiger partial charge is 0 e. The molecular formula is C17H34F3GeO3Zr-. The Bertz CT molecular complexity index is 324. The maximum atomic E-state index is 11.8. The zero-order valence-corrected chi connectivity index (χ0v) is 20.7. The molecule has 8 heteroatoms. The van der Waals surface area contributed by atoms with Crippen molar-refractivity contribution in [3.05, 3.63) is 24.3 Å². The Hall–Kier alpha value is 0.446. The molecule has 0 heterocycles. The fraction of sp³-hybridized carbons (Fsp3) is 0.706. The van der Waals surface area contributed by atoms with Crippen LogP contribution in [0.1, 0.15) is 41.5 Å². The maximum Gasteiger partial charge on any atom is 0 e. The summed E-state index contributed by atoms with van der Waals surface area (Å²) in [7, 11) is 0. The Morgan fingerprint density at radius 3 is 1.00 bits per heavy atom. The predicted octanol–water partition coefficient (Wildman–Crippen LogP) is 3.36. The normalized spacial score (nSPS) is 10.0. The Balaban J connectivity index is -0.000000122. The van der Waals surface area contributed by atoms with Gasteiger partial charge in [-0.1, -0.05) is 41.5 Å². The van der Waals surface area contributed by atoms with E-state index in [1.807, 2.05) is 41.5 Å². The fourth-order valence-corrected chi connectivity index (χ4v) is 1.76. The van der Waals surface area contributed by atoms with Crippen molar-refractivity contribution in [1.82, 2.24) is 0 Å². The molecule has 0 fully saturated rings. The summed E-state index contributed by atoms with van der Waals surface area (Å²) in [6, 6.07) is 5.07. The first-order valence-corrected chi connectivity index (χ1v) is 11.5. The molecule has 1 aromatic rings. The van der Waals surface area contributed by atoms with Crippen LogP contribution in [0.3, 0.4) is 0 Å². The van der Waals surface area contributed by atoms with Gasteiger partial charge < -0.3 is 15.3 Å². The second kappa shape index (κ2) is 20.8. The van der Waals surface area contributed by atoms with Crippen LogP contribution in [0, 0.1) is 17.8 Å². The van der Waals surface area contributed by atoms with Gasteiger partial charge in [0, 0.05) is 46.0 Å². The van der Waals surface area contributed by atoms with Gasteiger partial charge in [-0.15, -0.1) is 0 Å². The number of halogens is 3. The van der Waals surface area contributed by atoms with E-state index in [0.717, 1.165) is 12.1 Å². The van der Waals surface area contributed by atoms with Gasteiger partial charge in [0.25, 0.3) is 0 Å². The van der Waals surface area contributed by atoms with Gasteiger partial charge in [0.15, 0.2) is 0 Å². The summed E-state index contributed by atoms with van der Waals surface area (Å²) in [5.41, 5.74) is 0. The fourth-order valence-electron chi connectivity index (χ4n) is 0.563. The van der Waals surface area contributed by atoms with Crippen molar-refractivity contribution in [2.24, 2.45) is 17.8 Å². The summed E-state index contributed by atoms with van der Waals surface area (Å²) in [6.07, 6.45) is 0. The first kappa shape index (κ1) is 33.1. The van der Waals surface area contributed by atoms with Gasteiger partial charge in [0.05, 0.1) is 0 Å². The van der Waals surface area contributed by atoms with Crippen LogP contribution in [-0.4, -0.2) is 49.8 Å². The summed E-state index contributed by atoms with van der Waals surface area (Å²) in [4.78, 5) is 0. The third-order valence-corrected chi connectivity index (χ3v) is 4.16. The van der Waals surface area contributed by atoms with Crippen molar-refractivity contribution >= 4 is 19.1 Å². The minimum Gasteiger partial charge on any atom is 0 e. The molecule has 0 aliphatic heterocycles. The summed E-state index contributed by atoms with van der Waals surface area (Å²) in [6.45, 7) is 12.7. The van der Waals surface area contributed by atoms with Gasteiger partial charge in [-0.3, -0.25) is 0 Å². The third-order valence-electron chi connectivity index (χ3n) is 2.09. The van der Waals surface area contributed by atoms with Gasteiger partial charge >= 0.3 is 53.8 Å². The molecular weight excluding hydrogens is 473 g/mol. The van der Waals surface area contributed by atoms with Crippen LogP contribution in [0.2, 0.25) is 0 Å². The molecule has 0 aliphatic rings. The van der Waals surface area contributed by atoms with Crippen LogP contribution in [0.15, 0.2) is 24.3 Å². The molecule has 3 nitrogen and oxygen atoms in total. The Labute approximate surface area is 174 Å². The Morgan fingerprint density at radius 2 is 0.920 bits per heavy atom. The molecule has 0 radical (unpaired) electrons. The van der Waals surface area contributed by atoms with E-state index in [0.29, 0.717) is 37.6 Å². The van der Waals surface area contributed by atoms with E-state index in [4.69, 9.17) is 15.3 Å². The molecule has 150 valence electrons. The molecule has 0 bridgehead atoms. The third kappa shape index (κ3) is 32.6. The molecule has 0 unspecified atom stereocenters. The molecule has 1 aromatic carbocycles. The number of hydrogen-bond donors (Lipinski definition) is 3. The summed E-state index contributed by atoms with van der Waals surface area (Å²) < 4.78 is 35.0. The zero-order valence-electron chi connectivity index (χ0n) is 16.1. The molecule has 0 saturated carbocycles. The first-order valence-electron chi connectivity index (χ1n) is 8.03. The largest absolute Gasteiger partial charge is 0 e. The second-order valence-corrected chi connectivity index (χ2v) is 9.70. The van der Waals surface area contributed by atoms with E-state index in [2.05, 4.69) is 0 Å². The quantitative estimate of drug-likeness (QED) is 0.433. The molecule has 0 amide bonds. The van der Waals surface area contributed by atoms with E-state index in [1.54, 1.807) is 0 Å². The average Bonchev–Trinajstić information content (AvgIpc) is 3.03. The van der Waals surface area contributed by atoms with Crippen LogP contribution in [0.25, 0.3) is 0 Å². The summed E-state index contributed by atoms with van der Waals surface area (Å²) in [5, 5.41) is 24.4. The maximum absolute atomic E-state index is 11.8. The van der Waals surface area contributed by atoms with Crippen LogP contribution in [0.4, 0.5) is 10.5 Å². The van der Waals surface area contributed by atoms with Crippen LogP contribution >= 0.6 is 0 Å². The number of hydrogen-bond acceptors (Lipinski definition) is 3. The SMILES string of the molecule is CC(C)CO.CC(C)CO.CC(C)CO.[F][Ge]([F])([F])[c-]1cccc1.[Zr]. The second-order valence-electron chi connectivity index (χ2n) is 6.40. The van der Waals surface area contributed by atoms with Crippen molar-refractivity contribution in [2.45, 2.75) is 41.5 Å². The predicted molar refractivity (Wildman–Crippen MR) is 96.5 cm³/mol. The van der Waals surface area contributed by atoms with Crippen LogP contribution in [-0.2, 0) is 26.2 Å². The molecule has 0 aliphatic carbocycles. The van der Waals surface area contributed by atoms with E-state index < -0.39 is 19.1 Å². The van der Waals surface area contributed by atoms with Crippen molar-refractivity contribution in [3.8, 4) is 0 Å². The van der Waals surface area contributed by atoms with Crippen LogP contribution < -0.4 is 4.40 Å². The summed E-state index contributed by atoms with van der Waals surface area (Å²) >= 11 is -5.94. The van der Waals surface area contributed by atoms with E-state index >= 15 is 0 Å². The molecule has 0 saturated heterocycles. The minimum absolute atomic E-state index is 0. The minimum atomic E-state index is -5.94. The molecule has 0 atom stereocenters. The molecule has 1 rings (SSSR count). The van der Waals surface area contributed by atoms with Crippen molar-refractivity contribution in [3.63, 3.8) is 0 Å². The van der Waals surface area contributed by atoms with Gasteiger partial charge in [-0.25, -0.2) is 0 Å². The Morgan fingerprint density at radius 1 is 0.720 bits per heavy atom. The average molecular weight is 507 g/mol. The van der Waals surface area contributed by atoms with Crippen molar-refractivity contribution in [1.29, 1.82) is 0 Å². The molecule has 0 aromatic heterocycles. The van der Waals surface area contributed by atoms with E-state index in [-0.39, 0.29) is 26.2 Å². The topological polar surface area (TPSA) is 60.7 Å². The molecule has 3 N–H and O–H groups in total. The zero-order chi connectivity index (χ0) is 19.8. The van der Waals surface area contributed by atoms with Crippen molar-refractivity contribution in [2.75, 3.05) is 19.8 Å². The van der Waals surface area contributed by atoms with E-state index in [1.165, 1.54) is 12.1 Å². The van der Waals surface area contributed by atoms with Gasteiger partial charge in [0.1, 0.15) is 0 Å². The summed E-state index contributed by atoms with van der Waals surface area (Å²) in [5.74, 6) is 1.32. The monoisotopic (exact) mass is 507 g/mol. The van der Waals surface area contributed by atoms with Gasteiger partial charge in [0.2, 0.25) is 0 Å². The van der Waals surface area contributed by atoms with E-state index in [9.17, 15) is 10.5 Å². The number of aliphatic hydroxyl groups excluding tert-OH is 3. The van der Waals surface area contributed by atoms with Crippen molar-refractivity contribution < 1.29 is 52.0 Å². The van der Waals surface area contributed by atoms with Gasteiger partial charge in [-0.2, -0.15) is 0 Å². The number of rotatable bonds is 4. The molecule has 0 spiro atoms.